The fourth-order valence-corrected chi connectivity index (χ4v) is 1.74. The average molecular weight is 242 g/mol. The minimum Gasteiger partial charge on any atom is -0.495 e. The first-order valence-electron chi connectivity index (χ1n) is 5.18. The van der Waals surface area contributed by atoms with Crippen molar-refractivity contribution in [3.63, 3.8) is 0 Å². The summed E-state index contributed by atoms with van der Waals surface area (Å²) in [5, 5.41) is 0.452. The number of hydrogen-bond donors (Lipinski definition) is 1. The molecule has 1 aromatic rings. The SMILES string of the molecule is COc1ccc(C(=O)C(C)CCN)cc1Cl. The number of benzene rings is 1. The summed E-state index contributed by atoms with van der Waals surface area (Å²) >= 11 is 5.95. The van der Waals surface area contributed by atoms with Crippen LogP contribution in [0.4, 0.5) is 0 Å². The Balaban J connectivity index is 2.88. The smallest absolute Gasteiger partial charge is 0.165 e. The van der Waals surface area contributed by atoms with Crippen molar-refractivity contribution in [3.05, 3.63) is 28.8 Å². The quantitative estimate of drug-likeness (QED) is 0.806. The first kappa shape index (κ1) is 13.0. The molecule has 1 aromatic carbocycles. The molecule has 1 atom stereocenters. The van der Waals surface area contributed by atoms with E-state index in [2.05, 4.69) is 0 Å². The highest BCUT2D eigenvalue weighted by Gasteiger charge is 2.15. The highest BCUT2D eigenvalue weighted by molar-refractivity contribution is 6.32. The van der Waals surface area contributed by atoms with Crippen molar-refractivity contribution < 1.29 is 9.53 Å². The van der Waals surface area contributed by atoms with E-state index in [4.69, 9.17) is 22.1 Å². The molecule has 0 saturated carbocycles. The molecule has 0 aliphatic carbocycles. The maximum absolute atomic E-state index is 11.9. The molecule has 0 heterocycles. The van der Waals surface area contributed by atoms with Crippen molar-refractivity contribution in [2.24, 2.45) is 11.7 Å². The number of carbonyl (C=O) groups excluding carboxylic acids is 1. The van der Waals surface area contributed by atoms with Gasteiger partial charge in [0.25, 0.3) is 0 Å². The van der Waals surface area contributed by atoms with Gasteiger partial charge in [-0.2, -0.15) is 0 Å². The van der Waals surface area contributed by atoms with E-state index >= 15 is 0 Å². The molecule has 1 rings (SSSR count). The molecule has 0 amide bonds. The van der Waals surface area contributed by atoms with Gasteiger partial charge in [-0.15, -0.1) is 0 Å². The zero-order valence-electron chi connectivity index (χ0n) is 9.50. The van der Waals surface area contributed by atoms with Gasteiger partial charge in [0.15, 0.2) is 5.78 Å². The van der Waals surface area contributed by atoms with Crippen molar-refractivity contribution >= 4 is 17.4 Å². The van der Waals surface area contributed by atoms with Crippen LogP contribution in [0.3, 0.4) is 0 Å². The van der Waals surface area contributed by atoms with Gasteiger partial charge in [-0.1, -0.05) is 18.5 Å². The van der Waals surface area contributed by atoms with Crippen LogP contribution in [0.2, 0.25) is 5.02 Å². The van der Waals surface area contributed by atoms with Crippen LogP contribution >= 0.6 is 11.6 Å². The van der Waals surface area contributed by atoms with Gasteiger partial charge in [-0.05, 0) is 31.2 Å². The Morgan fingerprint density at radius 3 is 2.75 bits per heavy atom. The maximum atomic E-state index is 11.9. The molecule has 0 radical (unpaired) electrons. The molecule has 0 aliphatic heterocycles. The van der Waals surface area contributed by atoms with Gasteiger partial charge < -0.3 is 10.5 Å². The Labute approximate surface area is 101 Å². The zero-order valence-corrected chi connectivity index (χ0v) is 10.3. The molecule has 3 nitrogen and oxygen atoms in total. The number of ether oxygens (including phenoxy) is 1. The summed E-state index contributed by atoms with van der Waals surface area (Å²) in [6.07, 6.45) is 0.683. The third-order valence-corrected chi connectivity index (χ3v) is 2.78. The Morgan fingerprint density at radius 1 is 1.56 bits per heavy atom. The van der Waals surface area contributed by atoms with Gasteiger partial charge in [-0.3, -0.25) is 4.79 Å². The standard InChI is InChI=1S/C12H16ClNO2/c1-8(5-6-14)12(15)9-3-4-11(16-2)10(13)7-9/h3-4,7-8H,5-6,14H2,1-2H3. The molecule has 0 saturated heterocycles. The number of nitrogens with two attached hydrogens (primary N) is 1. The molecule has 0 aromatic heterocycles. The van der Waals surface area contributed by atoms with Crippen LogP contribution in [-0.4, -0.2) is 19.4 Å². The van der Waals surface area contributed by atoms with Crippen LogP contribution in [0.1, 0.15) is 23.7 Å². The lowest BCUT2D eigenvalue weighted by molar-refractivity contribution is 0.0925. The number of carbonyl (C=O) groups is 1. The van der Waals surface area contributed by atoms with Gasteiger partial charge in [0, 0.05) is 11.5 Å². The Bertz CT molecular complexity index is 379. The highest BCUT2D eigenvalue weighted by Crippen LogP contribution is 2.26. The van der Waals surface area contributed by atoms with E-state index in [0.29, 0.717) is 29.3 Å². The monoisotopic (exact) mass is 241 g/mol. The van der Waals surface area contributed by atoms with E-state index in [-0.39, 0.29) is 11.7 Å². The summed E-state index contributed by atoms with van der Waals surface area (Å²) in [7, 11) is 1.54. The van der Waals surface area contributed by atoms with E-state index in [0.717, 1.165) is 0 Å². The van der Waals surface area contributed by atoms with Gasteiger partial charge >= 0.3 is 0 Å². The van der Waals surface area contributed by atoms with E-state index in [1.54, 1.807) is 25.3 Å². The average Bonchev–Trinajstić information content (AvgIpc) is 2.28. The Hall–Kier alpha value is -1.06. The minimum absolute atomic E-state index is 0.0648. The topological polar surface area (TPSA) is 52.3 Å². The lowest BCUT2D eigenvalue weighted by atomic mass is 9.96. The summed E-state index contributed by atoms with van der Waals surface area (Å²) in [4.78, 5) is 11.9. The second kappa shape index (κ2) is 5.87. The summed E-state index contributed by atoms with van der Waals surface area (Å²) < 4.78 is 5.02. The minimum atomic E-state index is -0.0746. The molecular formula is C12H16ClNO2. The number of ketones is 1. The van der Waals surface area contributed by atoms with E-state index in [1.807, 2.05) is 6.92 Å². The van der Waals surface area contributed by atoms with Crippen LogP contribution in [0, 0.1) is 5.92 Å². The summed E-state index contributed by atoms with van der Waals surface area (Å²) in [5.41, 5.74) is 6.03. The van der Waals surface area contributed by atoms with Crippen LogP contribution < -0.4 is 10.5 Å². The van der Waals surface area contributed by atoms with Crippen molar-refractivity contribution in [2.75, 3.05) is 13.7 Å². The largest absolute Gasteiger partial charge is 0.495 e. The van der Waals surface area contributed by atoms with Crippen molar-refractivity contribution in [3.8, 4) is 5.75 Å². The predicted octanol–water partition coefficient (Wildman–Crippen LogP) is 2.52. The van der Waals surface area contributed by atoms with Crippen LogP contribution in [-0.2, 0) is 0 Å². The van der Waals surface area contributed by atoms with Crippen LogP contribution in [0.25, 0.3) is 0 Å². The second-order valence-corrected chi connectivity index (χ2v) is 4.10. The molecule has 0 fully saturated rings. The molecule has 88 valence electrons. The molecule has 0 aliphatic rings. The number of halogens is 1. The lowest BCUT2D eigenvalue weighted by Crippen LogP contribution is -2.15. The van der Waals surface area contributed by atoms with Crippen molar-refractivity contribution in [1.82, 2.24) is 0 Å². The van der Waals surface area contributed by atoms with Gasteiger partial charge in [0.2, 0.25) is 0 Å². The summed E-state index contributed by atoms with van der Waals surface area (Å²) in [5.74, 6) is 0.564. The Kier molecular flexibility index (Phi) is 4.77. The van der Waals surface area contributed by atoms with Gasteiger partial charge in [-0.25, -0.2) is 0 Å². The van der Waals surface area contributed by atoms with Crippen LogP contribution in [0.5, 0.6) is 5.75 Å². The molecule has 4 heteroatoms. The maximum Gasteiger partial charge on any atom is 0.165 e. The number of rotatable bonds is 5. The predicted molar refractivity (Wildman–Crippen MR) is 65.2 cm³/mol. The van der Waals surface area contributed by atoms with E-state index < -0.39 is 0 Å². The second-order valence-electron chi connectivity index (χ2n) is 3.69. The zero-order chi connectivity index (χ0) is 12.1. The van der Waals surface area contributed by atoms with E-state index in [9.17, 15) is 4.79 Å². The van der Waals surface area contributed by atoms with Gasteiger partial charge in [0.05, 0.1) is 12.1 Å². The molecular weight excluding hydrogens is 226 g/mol. The lowest BCUT2D eigenvalue weighted by Gasteiger charge is -2.10. The molecule has 0 bridgehead atoms. The molecule has 1 unspecified atom stereocenters. The normalized spacial score (nSPS) is 12.2. The number of hydrogen-bond acceptors (Lipinski definition) is 3. The first-order valence-corrected chi connectivity index (χ1v) is 5.55. The molecule has 16 heavy (non-hydrogen) atoms. The third kappa shape index (κ3) is 2.97. The van der Waals surface area contributed by atoms with Gasteiger partial charge in [0.1, 0.15) is 5.75 Å². The Morgan fingerprint density at radius 2 is 2.25 bits per heavy atom. The number of Topliss-reactive ketones (excluding diaryl/α,β-unsaturated/α-hetero) is 1. The van der Waals surface area contributed by atoms with Crippen LogP contribution in [0.15, 0.2) is 18.2 Å². The van der Waals surface area contributed by atoms with Crippen molar-refractivity contribution in [1.29, 1.82) is 0 Å². The molecule has 2 N–H and O–H groups in total. The fraction of sp³-hybridized carbons (Fsp3) is 0.417. The highest BCUT2D eigenvalue weighted by atomic mass is 35.5. The summed E-state index contributed by atoms with van der Waals surface area (Å²) in [6.45, 7) is 2.38. The molecule has 0 spiro atoms. The van der Waals surface area contributed by atoms with E-state index in [1.165, 1.54) is 0 Å². The number of methoxy groups -OCH3 is 1. The van der Waals surface area contributed by atoms with Crippen molar-refractivity contribution in [2.45, 2.75) is 13.3 Å². The first-order chi connectivity index (χ1) is 7.60. The third-order valence-electron chi connectivity index (χ3n) is 2.48. The fourth-order valence-electron chi connectivity index (χ4n) is 1.49. The summed E-state index contributed by atoms with van der Waals surface area (Å²) in [6, 6.07) is 5.06.